The molecule has 6 nitrogen and oxygen atoms in total. The lowest BCUT2D eigenvalue weighted by Crippen LogP contribution is -2.35. The number of aliphatic hydroxyl groups excluding tert-OH is 3. The molecule has 1 heterocycles. The minimum absolute atomic E-state index is 0.281. The van der Waals surface area contributed by atoms with E-state index in [0.717, 1.165) is 19.3 Å². The van der Waals surface area contributed by atoms with Crippen LogP contribution >= 0.6 is 0 Å². The smallest absolute Gasteiger partial charge is 0.308 e. The van der Waals surface area contributed by atoms with Gasteiger partial charge in [-0.3, -0.25) is 4.79 Å². The Morgan fingerprint density at radius 1 is 0.880 bits per heavy atom. The molecule has 0 aliphatic carbocycles. The third-order valence-corrected chi connectivity index (χ3v) is 4.73. The number of hydrogen-bond donors (Lipinski definition) is 3. The molecule has 1 aliphatic rings. The van der Waals surface area contributed by atoms with Gasteiger partial charge >= 0.3 is 5.97 Å². The summed E-state index contributed by atoms with van der Waals surface area (Å²) >= 11 is 0. The molecule has 0 amide bonds. The van der Waals surface area contributed by atoms with Crippen LogP contribution in [0.15, 0.2) is 0 Å². The van der Waals surface area contributed by atoms with E-state index < -0.39 is 37.2 Å². The van der Waals surface area contributed by atoms with Gasteiger partial charge in [0.2, 0.25) is 6.29 Å². The van der Waals surface area contributed by atoms with Gasteiger partial charge in [0, 0.05) is 6.42 Å². The molecule has 3 N–H and O–H groups in total. The summed E-state index contributed by atoms with van der Waals surface area (Å²) in [5.41, 5.74) is 0. The Morgan fingerprint density at radius 3 is 1.88 bits per heavy atom. The van der Waals surface area contributed by atoms with Gasteiger partial charge in [0.05, 0.1) is 6.61 Å². The normalized spacial score (nSPS) is 26.1. The van der Waals surface area contributed by atoms with Crippen LogP contribution in [0.4, 0.5) is 0 Å². The molecule has 1 fully saturated rings. The Balaban J connectivity index is 1.96. The van der Waals surface area contributed by atoms with Gasteiger partial charge in [-0.1, -0.05) is 71.1 Å². The lowest BCUT2D eigenvalue weighted by atomic mass is 10.1. The molecule has 0 radical (unpaired) electrons. The Labute approximate surface area is 151 Å². The SMILES string of the molecule is CCCCCCCCCCCCCC(=O)OC1O[C@H](CO)[C@@H](O)[C@H]1O. The second-order valence-electron chi connectivity index (χ2n) is 6.98. The molecule has 0 aromatic carbocycles. The lowest BCUT2D eigenvalue weighted by Gasteiger charge is -2.15. The molecule has 0 bridgehead atoms. The van der Waals surface area contributed by atoms with Crippen molar-refractivity contribution >= 4 is 5.97 Å². The first-order valence-electron chi connectivity index (χ1n) is 9.92. The van der Waals surface area contributed by atoms with Crippen LogP contribution in [-0.4, -0.2) is 52.5 Å². The van der Waals surface area contributed by atoms with E-state index in [0.29, 0.717) is 0 Å². The molecular formula is C19H36O6. The first-order chi connectivity index (χ1) is 12.1. The molecule has 1 saturated heterocycles. The van der Waals surface area contributed by atoms with Gasteiger partial charge in [-0.15, -0.1) is 0 Å². The summed E-state index contributed by atoms with van der Waals surface area (Å²) in [5.74, 6) is -0.439. The van der Waals surface area contributed by atoms with Crippen molar-refractivity contribution in [2.75, 3.05) is 6.61 Å². The monoisotopic (exact) mass is 360 g/mol. The molecule has 0 saturated carbocycles. The van der Waals surface area contributed by atoms with Gasteiger partial charge in [-0.25, -0.2) is 0 Å². The van der Waals surface area contributed by atoms with Crippen molar-refractivity contribution in [2.45, 2.75) is 109 Å². The fourth-order valence-electron chi connectivity index (χ4n) is 3.08. The van der Waals surface area contributed by atoms with Crippen LogP contribution in [0.2, 0.25) is 0 Å². The second-order valence-corrected chi connectivity index (χ2v) is 6.98. The van der Waals surface area contributed by atoms with Crippen LogP contribution in [0, 0.1) is 0 Å². The first-order valence-corrected chi connectivity index (χ1v) is 9.92. The van der Waals surface area contributed by atoms with E-state index in [9.17, 15) is 15.0 Å². The third kappa shape index (κ3) is 8.99. The second kappa shape index (κ2) is 13.5. The summed E-state index contributed by atoms with van der Waals surface area (Å²) in [5, 5.41) is 28.3. The van der Waals surface area contributed by atoms with Crippen molar-refractivity contribution in [1.29, 1.82) is 0 Å². The quantitative estimate of drug-likeness (QED) is 0.325. The molecule has 1 rings (SSSR count). The predicted molar refractivity (Wildman–Crippen MR) is 94.9 cm³/mol. The average Bonchev–Trinajstić information content (AvgIpc) is 2.87. The summed E-state index contributed by atoms with van der Waals surface area (Å²) in [6, 6.07) is 0. The number of hydrogen-bond acceptors (Lipinski definition) is 6. The van der Waals surface area contributed by atoms with Crippen LogP contribution < -0.4 is 0 Å². The van der Waals surface area contributed by atoms with E-state index in [1.807, 2.05) is 0 Å². The average molecular weight is 360 g/mol. The van der Waals surface area contributed by atoms with E-state index >= 15 is 0 Å². The minimum Gasteiger partial charge on any atom is -0.433 e. The Hall–Kier alpha value is -0.690. The van der Waals surface area contributed by atoms with Crippen molar-refractivity contribution < 1.29 is 29.6 Å². The maximum absolute atomic E-state index is 11.7. The summed E-state index contributed by atoms with van der Waals surface area (Å²) in [7, 11) is 0. The topological polar surface area (TPSA) is 96.2 Å². The highest BCUT2D eigenvalue weighted by Crippen LogP contribution is 2.22. The zero-order chi connectivity index (χ0) is 18.5. The zero-order valence-electron chi connectivity index (χ0n) is 15.6. The molecule has 0 aromatic rings. The molecule has 4 atom stereocenters. The first kappa shape index (κ1) is 22.4. The molecule has 1 aliphatic heterocycles. The summed E-state index contributed by atoms with van der Waals surface area (Å²) < 4.78 is 10.2. The van der Waals surface area contributed by atoms with Crippen LogP contribution in [0.1, 0.15) is 84.0 Å². The van der Waals surface area contributed by atoms with Crippen molar-refractivity contribution in [2.24, 2.45) is 0 Å². The number of carbonyl (C=O) groups excluding carboxylic acids is 1. The maximum Gasteiger partial charge on any atom is 0.308 e. The van der Waals surface area contributed by atoms with Gasteiger partial charge in [0.15, 0.2) is 0 Å². The van der Waals surface area contributed by atoms with Crippen molar-refractivity contribution in [3.05, 3.63) is 0 Å². The van der Waals surface area contributed by atoms with Gasteiger partial charge < -0.3 is 24.8 Å². The van der Waals surface area contributed by atoms with E-state index in [2.05, 4.69) is 6.92 Å². The van der Waals surface area contributed by atoms with Gasteiger partial charge in [-0.2, -0.15) is 0 Å². The molecule has 25 heavy (non-hydrogen) atoms. The largest absolute Gasteiger partial charge is 0.433 e. The van der Waals surface area contributed by atoms with E-state index in [4.69, 9.17) is 14.6 Å². The van der Waals surface area contributed by atoms with Gasteiger partial charge in [-0.05, 0) is 6.42 Å². The molecule has 0 aromatic heterocycles. The van der Waals surface area contributed by atoms with Gasteiger partial charge in [0.25, 0.3) is 0 Å². The van der Waals surface area contributed by atoms with Crippen LogP contribution in [0.3, 0.4) is 0 Å². The van der Waals surface area contributed by atoms with E-state index in [1.165, 1.54) is 51.4 Å². The van der Waals surface area contributed by atoms with E-state index in [-0.39, 0.29) is 6.42 Å². The van der Waals surface area contributed by atoms with E-state index in [1.54, 1.807) is 0 Å². The summed E-state index contributed by atoms with van der Waals surface area (Å²) in [6.45, 7) is 1.80. The summed E-state index contributed by atoms with van der Waals surface area (Å²) in [4.78, 5) is 11.7. The maximum atomic E-state index is 11.7. The number of ether oxygens (including phenoxy) is 2. The lowest BCUT2D eigenvalue weighted by molar-refractivity contribution is -0.190. The Morgan fingerprint density at radius 2 is 1.40 bits per heavy atom. The number of esters is 1. The predicted octanol–water partition coefficient (Wildman–Crippen LogP) is 2.67. The van der Waals surface area contributed by atoms with Crippen molar-refractivity contribution in [3.63, 3.8) is 0 Å². The highest BCUT2D eigenvalue weighted by atomic mass is 16.7. The summed E-state index contributed by atoms with van der Waals surface area (Å²) in [6.07, 6.45) is 8.95. The third-order valence-electron chi connectivity index (χ3n) is 4.73. The molecular weight excluding hydrogens is 324 g/mol. The molecule has 148 valence electrons. The zero-order valence-corrected chi connectivity index (χ0v) is 15.6. The molecule has 0 spiro atoms. The standard InChI is InChI=1S/C19H36O6/c1-2-3-4-5-6-7-8-9-10-11-12-13-16(21)25-19-18(23)17(22)15(14-20)24-19/h15,17-20,22-23H,2-14H2,1H3/t15-,17-,18-,19?/m1/s1. The van der Waals surface area contributed by atoms with Crippen LogP contribution in [-0.2, 0) is 14.3 Å². The number of carbonyl (C=O) groups is 1. The minimum atomic E-state index is -1.31. The highest BCUT2D eigenvalue weighted by molar-refractivity contribution is 5.69. The van der Waals surface area contributed by atoms with Gasteiger partial charge in [0.1, 0.15) is 18.3 Å². The Kier molecular flexibility index (Phi) is 12.1. The van der Waals surface area contributed by atoms with Crippen LogP contribution in [0.5, 0.6) is 0 Å². The number of aliphatic hydroxyl groups is 3. The number of unbranched alkanes of at least 4 members (excludes halogenated alkanes) is 10. The fourth-order valence-corrected chi connectivity index (χ4v) is 3.08. The highest BCUT2D eigenvalue weighted by Gasteiger charge is 2.44. The molecule has 1 unspecified atom stereocenters. The number of rotatable bonds is 14. The Bertz CT molecular complexity index is 349. The fraction of sp³-hybridized carbons (Fsp3) is 0.947. The molecule has 6 heteroatoms. The van der Waals surface area contributed by atoms with Crippen LogP contribution in [0.25, 0.3) is 0 Å². The van der Waals surface area contributed by atoms with Crippen molar-refractivity contribution in [1.82, 2.24) is 0 Å². The van der Waals surface area contributed by atoms with Crippen molar-refractivity contribution in [3.8, 4) is 0 Å².